The number of carbonyl (C=O) groups excluding carboxylic acids is 1. The Labute approximate surface area is 124 Å². The summed E-state index contributed by atoms with van der Waals surface area (Å²) in [5, 5.41) is 7.75. The summed E-state index contributed by atoms with van der Waals surface area (Å²) in [4.78, 5) is 16.5. The van der Waals surface area contributed by atoms with Gasteiger partial charge in [0.05, 0.1) is 6.54 Å². The molecule has 0 spiro atoms. The quantitative estimate of drug-likeness (QED) is 0.911. The highest BCUT2D eigenvalue weighted by molar-refractivity contribution is 7.07. The summed E-state index contributed by atoms with van der Waals surface area (Å²) in [5.41, 5.74) is 1.22. The fraction of sp³-hybridized carbons (Fsp3) is 0.667. The summed E-state index contributed by atoms with van der Waals surface area (Å²) in [6.45, 7) is 4.54. The first kappa shape index (κ1) is 14.0. The third kappa shape index (κ3) is 3.22. The molecule has 2 fully saturated rings. The first-order valence-corrected chi connectivity index (χ1v) is 8.37. The number of thiophene rings is 1. The molecule has 2 saturated heterocycles. The van der Waals surface area contributed by atoms with Crippen molar-refractivity contribution in [3.63, 3.8) is 0 Å². The Kier molecular flexibility index (Phi) is 4.38. The maximum atomic E-state index is 12.3. The van der Waals surface area contributed by atoms with Crippen molar-refractivity contribution in [2.24, 2.45) is 5.92 Å². The number of carbonyl (C=O) groups is 1. The van der Waals surface area contributed by atoms with E-state index >= 15 is 0 Å². The first-order valence-electron chi connectivity index (χ1n) is 7.43. The van der Waals surface area contributed by atoms with Crippen molar-refractivity contribution < 1.29 is 4.79 Å². The van der Waals surface area contributed by atoms with Gasteiger partial charge < -0.3 is 10.2 Å². The Morgan fingerprint density at radius 2 is 2.45 bits per heavy atom. The van der Waals surface area contributed by atoms with E-state index in [1.165, 1.54) is 18.4 Å². The predicted octanol–water partition coefficient (Wildman–Crippen LogP) is 1.39. The Bertz CT molecular complexity index is 434. The van der Waals surface area contributed by atoms with Crippen LogP contribution in [0.2, 0.25) is 0 Å². The van der Waals surface area contributed by atoms with Crippen molar-refractivity contribution in [2.75, 3.05) is 33.2 Å². The zero-order valence-corrected chi connectivity index (χ0v) is 12.9. The van der Waals surface area contributed by atoms with Gasteiger partial charge >= 0.3 is 0 Å². The second-order valence-corrected chi connectivity index (χ2v) is 6.82. The van der Waals surface area contributed by atoms with Crippen LogP contribution in [0.3, 0.4) is 0 Å². The fourth-order valence-electron chi connectivity index (χ4n) is 3.32. The predicted molar refractivity (Wildman–Crippen MR) is 81.7 cm³/mol. The summed E-state index contributed by atoms with van der Waals surface area (Å²) in [6, 6.07) is 2.70. The molecule has 1 aromatic rings. The Balaban J connectivity index is 1.49. The number of piperidine rings is 1. The average Bonchev–Trinajstić information content (AvgIpc) is 3.06. The number of hydrogen-bond donors (Lipinski definition) is 1. The maximum Gasteiger partial charge on any atom is 0.236 e. The molecule has 2 aliphatic rings. The molecule has 3 rings (SSSR count). The molecule has 1 amide bonds. The van der Waals surface area contributed by atoms with Crippen LogP contribution < -0.4 is 5.32 Å². The van der Waals surface area contributed by atoms with Gasteiger partial charge in [0, 0.05) is 32.7 Å². The number of likely N-dealkylation sites (N-methyl/N-ethyl adjacent to an activating group) is 1. The normalized spacial score (nSPS) is 26.4. The van der Waals surface area contributed by atoms with Gasteiger partial charge in [-0.15, -0.1) is 0 Å². The molecule has 0 aromatic carbocycles. The topological polar surface area (TPSA) is 35.6 Å². The smallest absolute Gasteiger partial charge is 0.236 e. The molecule has 0 aliphatic carbocycles. The molecule has 0 radical (unpaired) electrons. The van der Waals surface area contributed by atoms with Crippen LogP contribution in [0.25, 0.3) is 0 Å². The molecule has 2 aliphatic heterocycles. The third-order valence-electron chi connectivity index (χ3n) is 4.46. The van der Waals surface area contributed by atoms with Crippen molar-refractivity contribution in [3.05, 3.63) is 22.4 Å². The van der Waals surface area contributed by atoms with Crippen molar-refractivity contribution >= 4 is 17.2 Å². The highest BCUT2D eigenvalue weighted by atomic mass is 32.1. The van der Waals surface area contributed by atoms with Crippen LogP contribution in [0.5, 0.6) is 0 Å². The van der Waals surface area contributed by atoms with Crippen molar-refractivity contribution in [1.29, 1.82) is 0 Å². The molecule has 0 saturated carbocycles. The molecule has 5 heteroatoms. The summed E-state index contributed by atoms with van der Waals surface area (Å²) in [7, 11) is 1.90. The lowest BCUT2D eigenvalue weighted by Gasteiger charge is -2.24. The molecular weight excluding hydrogens is 270 g/mol. The number of nitrogens with one attached hydrogen (secondary N) is 1. The Hall–Kier alpha value is -0.910. The molecule has 1 N–H and O–H groups in total. The van der Waals surface area contributed by atoms with E-state index in [9.17, 15) is 4.79 Å². The number of hydrogen-bond acceptors (Lipinski definition) is 4. The lowest BCUT2D eigenvalue weighted by Crippen LogP contribution is -2.41. The van der Waals surface area contributed by atoms with E-state index < -0.39 is 0 Å². The van der Waals surface area contributed by atoms with Gasteiger partial charge in [-0.25, -0.2) is 0 Å². The largest absolute Gasteiger partial charge is 0.340 e. The van der Waals surface area contributed by atoms with Crippen LogP contribution in [0.15, 0.2) is 16.8 Å². The molecule has 110 valence electrons. The number of amides is 1. The SMILES string of the molecule is CN(Cc1ccsc1)C(=O)CN1C[C@@H]2CCCN[C@@H]2C1. The average molecular weight is 293 g/mol. The fourth-order valence-corrected chi connectivity index (χ4v) is 3.98. The molecule has 20 heavy (non-hydrogen) atoms. The van der Waals surface area contributed by atoms with Crippen LogP contribution in [0.4, 0.5) is 0 Å². The summed E-state index contributed by atoms with van der Waals surface area (Å²) in [6.07, 6.45) is 2.59. The van der Waals surface area contributed by atoms with Gasteiger partial charge in [0.15, 0.2) is 0 Å². The van der Waals surface area contributed by atoms with E-state index in [2.05, 4.69) is 27.0 Å². The van der Waals surface area contributed by atoms with Crippen molar-refractivity contribution in [2.45, 2.75) is 25.4 Å². The number of rotatable bonds is 4. The minimum Gasteiger partial charge on any atom is -0.340 e. The van der Waals surface area contributed by atoms with Crippen LogP contribution >= 0.6 is 11.3 Å². The molecule has 2 atom stereocenters. The number of fused-ring (bicyclic) bond motifs is 1. The molecule has 3 heterocycles. The van der Waals surface area contributed by atoms with E-state index in [4.69, 9.17) is 0 Å². The lowest BCUT2D eigenvalue weighted by atomic mass is 9.94. The van der Waals surface area contributed by atoms with E-state index in [0.717, 1.165) is 32.1 Å². The first-order chi connectivity index (χ1) is 9.72. The second kappa shape index (κ2) is 6.24. The van der Waals surface area contributed by atoms with E-state index in [0.29, 0.717) is 12.6 Å². The van der Waals surface area contributed by atoms with Gasteiger partial charge in [-0.1, -0.05) is 0 Å². The van der Waals surface area contributed by atoms with Crippen LogP contribution in [-0.2, 0) is 11.3 Å². The Morgan fingerprint density at radius 1 is 1.55 bits per heavy atom. The maximum absolute atomic E-state index is 12.3. The number of nitrogens with zero attached hydrogens (tertiary/aromatic N) is 2. The van der Waals surface area contributed by atoms with Crippen LogP contribution in [0, 0.1) is 5.92 Å². The lowest BCUT2D eigenvalue weighted by molar-refractivity contribution is -0.131. The molecule has 0 unspecified atom stereocenters. The van der Waals surface area contributed by atoms with Gasteiger partial charge in [0.1, 0.15) is 0 Å². The minimum absolute atomic E-state index is 0.231. The summed E-state index contributed by atoms with van der Waals surface area (Å²) < 4.78 is 0. The van der Waals surface area contributed by atoms with E-state index in [1.54, 1.807) is 11.3 Å². The zero-order chi connectivity index (χ0) is 13.9. The van der Waals surface area contributed by atoms with Gasteiger partial charge in [-0.3, -0.25) is 9.69 Å². The zero-order valence-electron chi connectivity index (χ0n) is 12.0. The number of likely N-dealkylation sites (tertiary alicyclic amines) is 1. The van der Waals surface area contributed by atoms with Gasteiger partial charge in [0.2, 0.25) is 5.91 Å². The molecular formula is C15H23N3OS. The third-order valence-corrected chi connectivity index (χ3v) is 5.19. The minimum atomic E-state index is 0.231. The van der Waals surface area contributed by atoms with Gasteiger partial charge in [-0.2, -0.15) is 11.3 Å². The Morgan fingerprint density at radius 3 is 3.20 bits per heavy atom. The van der Waals surface area contributed by atoms with Gasteiger partial charge in [0.25, 0.3) is 0 Å². The monoisotopic (exact) mass is 293 g/mol. The molecule has 0 bridgehead atoms. The van der Waals surface area contributed by atoms with Crippen LogP contribution in [-0.4, -0.2) is 55.0 Å². The second-order valence-electron chi connectivity index (χ2n) is 6.04. The standard InChI is InChI=1S/C15H23N3OS/c1-17(7-12-4-6-20-11-12)15(19)10-18-8-13-3-2-5-16-14(13)9-18/h4,6,11,13-14,16H,2-3,5,7-10H2,1H3/t13-,14+/m0/s1. The van der Waals surface area contributed by atoms with Crippen molar-refractivity contribution in [3.8, 4) is 0 Å². The highest BCUT2D eigenvalue weighted by Gasteiger charge is 2.34. The van der Waals surface area contributed by atoms with E-state index in [1.807, 2.05) is 11.9 Å². The van der Waals surface area contributed by atoms with Crippen molar-refractivity contribution in [1.82, 2.24) is 15.1 Å². The van der Waals surface area contributed by atoms with Crippen LogP contribution in [0.1, 0.15) is 18.4 Å². The molecule has 1 aromatic heterocycles. The van der Waals surface area contributed by atoms with E-state index in [-0.39, 0.29) is 5.91 Å². The molecule has 4 nitrogen and oxygen atoms in total. The summed E-state index contributed by atoms with van der Waals surface area (Å²) >= 11 is 1.68. The van der Waals surface area contributed by atoms with Gasteiger partial charge in [-0.05, 0) is 47.7 Å². The summed E-state index contributed by atoms with van der Waals surface area (Å²) in [5.74, 6) is 0.980. The highest BCUT2D eigenvalue weighted by Crippen LogP contribution is 2.24.